The monoisotopic (exact) mass is 252 g/mol. The van der Waals surface area contributed by atoms with Gasteiger partial charge in [0.05, 0.1) is 11.0 Å². The molecule has 4 heteroatoms. The summed E-state index contributed by atoms with van der Waals surface area (Å²) in [7, 11) is 0. The van der Waals surface area contributed by atoms with Gasteiger partial charge in [-0.05, 0) is 24.0 Å². The maximum absolute atomic E-state index is 5.95. The number of benzene rings is 1. The van der Waals surface area contributed by atoms with E-state index in [2.05, 4.69) is 28.8 Å². The zero-order valence-corrected chi connectivity index (χ0v) is 10.5. The molecule has 0 saturated heterocycles. The van der Waals surface area contributed by atoms with Crippen molar-refractivity contribution in [3.05, 3.63) is 41.7 Å². The summed E-state index contributed by atoms with van der Waals surface area (Å²) in [5, 5.41) is 0.716. The van der Waals surface area contributed by atoms with Crippen LogP contribution in [0.1, 0.15) is 5.82 Å². The lowest BCUT2D eigenvalue weighted by Crippen LogP contribution is -2.02. The van der Waals surface area contributed by atoms with Crippen LogP contribution in [0, 0.1) is 0 Å². The second-order valence-corrected chi connectivity index (χ2v) is 4.42. The molecule has 0 spiro atoms. The number of thiol groups is 1. The topological polar surface area (TPSA) is 17.8 Å². The van der Waals surface area contributed by atoms with Crippen LogP contribution >= 0.6 is 24.2 Å². The summed E-state index contributed by atoms with van der Waals surface area (Å²) in [4.78, 5) is 4.56. The Hall–Kier alpha value is -0.930. The van der Waals surface area contributed by atoms with Gasteiger partial charge >= 0.3 is 0 Å². The van der Waals surface area contributed by atoms with Gasteiger partial charge in [0.2, 0.25) is 0 Å². The lowest BCUT2D eigenvalue weighted by molar-refractivity contribution is 0.773. The van der Waals surface area contributed by atoms with E-state index in [0.29, 0.717) is 5.02 Å². The zero-order chi connectivity index (χ0) is 11.5. The zero-order valence-electron chi connectivity index (χ0n) is 8.86. The van der Waals surface area contributed by atoms with Crippen LogP contribution in [-0.4, -0.2) is 15.3 Å². The molecular formula is C12H13ClN2S. The van der Waals surface area contributed by atoms with Crippen molar-refractivity contribution in [1.82, 2.24) is 9.55 Å². The second kappa shape index (κ2) is 4.93. The Kier molecular flexibility index (Phi) is 3.56. The lowest BCUT2D eigenvalue weighted by atomic mass is 10.3. The van der Waals surface area contributed by atoms with E-state index in [1.807, 2.05) is 24.3 Å². The van der Waals surface area contributed by atoms with E-state index in [0.717, 1.165) is 35.6 Å². The van der Waals surface area contributed by atoms with Gasteiger partial charge in [-0.1, -0.05) is 17.7 Å². The first kappa shape index (κ1) is 11.6. The third-order valence-corrected chi connectivity index (χ3v) is 2.90. The second-order valence-electron chi connectivity index (χ2n) is 3.53. The summed E-state index contributed by atoms with van der Waals surface area (Å²) in [6.45, 7) is 4.53. The number of aryl methyl sites for hydroxylation is 1. The summed E-state index contributed by atoms with van der Waals surface area (Å²) in [6, 6.07) is 5.77. The number of fused-ring (bicyclic) bond motifs is 1. The quantitative estimate of drug-likeness (QED) is 0.653. The average Bonchev–Trinajstić information content (AvgIpc) is 2.57. The summed E-state index contributed by atoms with van der Waals surface area (Å²) >= 11 is 10.2. The van der Waals surface area contributed by atoms with E-state index in [-0.39, 0.29) is 0 Å². The van der Waals surface area contributed by atoms with Crippen LogP contribution in [0.4, 0.5) is 0 Å². The predicted octanol–water partition coefficient (Wildman–Crippen LogP) is 3.35. The van der Waals surface area contributed by atoms with Crippen LogP contribution in [-0.2, 0) is 13.0 Å². The van der Waals surface area contributed by atoms with Gasteiger partial charge in [0.15, 0.2) is 0 Å². The number of hydrogen-bond acceptors (Lipinski definition) is 2. The number of nitrogens with zero attached hydrogens (tertiary/aromatic N) is 2. The van der Waals surface area contributed by atoms with Crippen molar-refractivity contribution in [3.63, 3.8) is 0 Å². The van der Waals surface area contributed by atoms with Gasteiger partial charge in [-0.15, -0.1) is 6.58 Å². The molecule has 0 radical (unpaired) electrons. The van der Waals surface area contributed by atoms with Crippen LogP contribution in [0.2, 0.25) is 5.02 Å². The lowest BCUT2D eigenvalue weighted by Gasteiger charge is -2.04. The van der Waals surface area contributed by atoms with E-state index in [1.165, 1.54) is 0 Å². The Morgan fingerprint density at radius 1 is 1.50 bits per heavy atom. The Bertz CT molecular complexity index is 519. The summed E-state index contributed by atoms with van der Waals surface area (Å²) in [5.74, 6) is 1.82. The van der Waals surface area contributed by atoms with Gasteiger partial charge in [-0.3, -0.25) is 0 Å². The molecule has 0 bridgehead atoms. The predicted molar refractivity (Wildman–Crippen MR) is 72.5 cm³/mol. The van der Waals surface area contributed by atoms with E-state index >= 15 is 0 Å². The van der Waals surface area contributed by atoms with Crippen LogP contribution in [0.15, 0.2) is 30.9 Å². The highest BCUT2D eigenvalue weighted by atomic mass is 35.5. The number of hydrogen-bond donors (Lipinski definition) is 1. The number of imidazole rings is 1. The summed E-state index contributed by atoms with van der Waals surface area (Å²) in [6.07, 6.45) is 2.72. The largest absolute Gasteiger partial charge is 0.324 e. The fourth-order valence-electron chi connectivity index (χ4n) is 1.78. The van der Waals surface area contributed by atoms with Gasteiger partial charge in [0.1, 0.15) is 5.82 Å². The van der Waals surface area contributed by atoms with Crippen molar-refractivity contribution in [2.45, 2.75) is 13.0 Å². The van der Waals surface area contributed by atoms with Crippen LogP contribution in [0.5, 0.6) is 0 Å². The Labute approximate surface area is 105 Å². The minimum absolute atomic E-state index is 0.716. The molecule has 0 aliphatic carbocycles. The third kappa shape index (κ3) is 2.11. The van der Waals surface area contributed by atoms with Gasteiger partial charge in [0, 0.05) is 18.0 Å². The highest BCUT2D eigenvalue weighted by Crippen LogP contribution is 2.21. The van der Waals surface area contributed by atoms with E-state index in [9.17, 15) is 0 Å². The Balaban J connectivity index is 2.60. The highest BCUT2D eigenvalue weighted by molar-refractivity contribution is 7.80. The third-order valence-electron chi connectivity index (χ3n) is 2.44. The molecule has 0 aliphatic heterocycles. The minimum Gasteiger partial charge on any atom is -0.324 e. The first-order valence-electron chi connectivity index (χ1n) is 5.12. The first-order valence-corrected chi connectivity index (χ1v) is 6.13. The molecule has 0 fully saturated rings. The molecule has 84 valence electrons. The molecule has 0 amide bonds. The smallest absolute Gasteiger partial charge is 0.110 e. The normalized spacial score (nSPS) is 10.9. The average molecular weight is 253 g/mol. The van der Waals surface area contributed by atoms with Gasteiger partial charge in [-0.2, -0.15) is 12.6 Å². The standard InChI is InChI=1S/C12H13ClN2S/c1-2-6-15-11-4-3-9(13)8-10(11)14-12(15)5-7-16/h2-4,8,16H,1,5-7H2. The number of allylic oxidation sites excluding steroid dienone is 1. The fourth-order valence-corrected chi connectivity index (χ4v) is 2.14. The molecule has 0 saturated carbocycles. The summed E-state index contributed by atoms with van der Waals surface area (Å²) in [5.41, 5.74) is 2.03. The molecule has 0 unspecified atom stereocenters. The van der Waals surface area contributed by atoms with Crippen molar-refractivity contribution in [3.8, 4) is 0 Å². The molecule has 1 aromatic heterocycles. The number of rotatable bonds is 4. The maximum Gasteiger partial charge on any atom is 0.110 e. The molecule has 2 aromatic rings. The van der Waals surface area contributed by atoms with Crippen molar-refractivity contribution >= 4 is 35.3 Å². The first-order chi connectivity index (χ1) is 7.76. The van der Waals surface area contributed by atoms with Gasteiger partial charge in [-0.25, -0.2) is 4.98 Å². The van der Waals surface area contributed by atoms with E-state index in [4.69, 9.17) is 11.6 Å². The minimum atomic E-state index is 0.716. The fraction of sp³-hybridized carbons (Fsp3) is 0.250. The van der Waals surface area contributed by atoms with Crippen LogP contribution in [0.25, 0.3) is 11.0 Å². The molecule has 16 heavy (non-hydrogen) atoms. The van der Waals surface area contributed by atoms with Crippen LogP contribution in [0.3, 0.4) is 0 Å². The van der Waals surface area contributed by atoms with Crippen LogP contribution < -0.4 is 0 Å². The molecule has 0 atom stereocenters. The number of halogens is 1. The molecule has 1 aromatic carbocycles. The van der Waals surface area contributed by atoms with Crippen molar-refractivity contribution in [2.24, 2.45) is 0 Å². The molecule has 0 aliphatic rings. The molecular weight excluding hydrogens is 240 g/mol. The van der Waals surface area contributed by atoms with E-state index < -0.39 is 0 Å². The summed E-state index contributed by atoms with van der Waals surface area (Å²) < 4.78 is 2.15. The highest BCUT2D eigenvalue weighted by Gasteiger charge is 2.09. The van der Waals surface area contributed by atoms with Crippen molar-refractivity contribution < 1.29 is 0 Å². The van der Waals surface area contributed by atoms with Gasteiger partial charge in [0.25, 0.3) is 0 Å². The SMILES string of the molecule is C=CCn1c(CCS)nc2cc(Cl)ccc21. The van der Waals surface area contributed by atoms with Crippen molar-refractivity contribution in [2.75, 3.05) is 5.75 Å². The molecule has 1 heterocycles. The molecule has 2 rings (SSSR count). The van der Waals surface area contributed by atoms with E-state index in [1.54, 1.807) is 0 Å². The maximum atomic E-state index is 5.95. The Morgan fingerprint density at radius 2 is 2.31 bits per heavy atom. The Morgan fingerprint density at radius 3 is 3.00 bits per heavy atom. The number of aromatic nitrogens is 2. The molecule has 2 nitrogen and oxygen atoms in total. The van der Waals surface area contributed by atoms with Crippen molar-refractivity contribution in [1.29, 1.82) is 0 Å². The van der Waals surface area contributed by atoms with Gasteiger partial charge < -0.3 is 4.57 Å². The molecule has 0 N–H and O–H groups in total.